The van der Waals surface area contributed by atoms with Crippen LogP contribution < -0.4 is 4.90 Å². The molecule has 15 heavy (non-hydrogen) atoms. The van der Waals surface area contributed by atoms with Crippen LogP contribution >= 0.6 is 0 Å². The summed E-state index contributed by atoms with van der Waals surface area (Å²) in [5, 5.41) is 12.9. The van der Waals surface area contributed by atoms with Crippen LogP contribution in [-0.4, -0.2) is 38.9 Å². The summed E-state index contributed by atoms with van der Waals surface area (Å²) in [6.07, 6.45) is 2.25. The van der Waals surface area contributed by atoms with Gasteiger partial charge in [0.15, 0.2) is 0 Å². The first-order valence-corrected chi connectivity index (χ1v) is 5.03. The molecular formula is C9H14N4O2. The van der Waals surface area contributed by atoms with Crippen molar-refractivity contribution in [2.75, 3.05) is 18.0 Å². The molecule has 0 amide bonds. The first-order chi connectivity index (χ1) is 7.16. The molecule has 82 valence electrons. The van der Waals surface area contributed by atoms with Crippen molar-refractivity contribution in [3.8, 4) is 0 Å². The van der Waals surface area contributed by atoms with Crippen LogP contribution in [0.3, 0.4) is 0 Å². The Hall–Kier alpha value is -1.59. The van der Waals surface area contributed by atoms with E-state index in [1.165, 1.54) is 0 Å². The number of hydrogen-bond acceptors (Lipinski definition) is 4. The van der Waals surface area contributed by atoms with Crippen molar-refractivity contribution in [3.63, 3.8) is 0 Å². The monoisotopic (exact) mass is 210 g/mol. The van der Waals surface area contributed by atoms with Crippen molar-refractivity contribution in [1.29, 1.82) is 0 Å². The highest BCUT2D eigenvalue weighted by molar-refractivity contribution is 5.69. The SMILES string of the molecule is Cn1nc(N2CCCC2)nc1CC(=O)O. The highest BCUT2D eigenvalue weighted by Crippen LogP contribution is 2.15. The molecule has 1 fully saturated rings. The Morgan fingerprint density at radius 1 is 1.47 bits per heavy atom. The number of rotatable bonds is 3. The summed E-state index contributed by atoms with van der Waals surface area (Å²) in [5.41, 5.74) is 0. The van der Waals surface area contributed by atoms with Gasteiger partial charge in [-0.05, 0) is 12.8 Å². The fourth-order valence-electron chi connectivity index (χ4n) is 1.74. The van der Waals surface area contributed by atoms with Gasteiger partial charge in [-0.15, -0.1) is 5.10 Å². The zero-order valence-corrected chi connectivity index (χ0v) is 8.68. The molecule has 1 aromatic heterocycles. The van der Waals surface area contributed by atoms with Crippen molar-refractivity contribution in [2.45, 2.75) is 19.3 Å². The molecular weight excluding hydrogens is 196 g/mol. The molecule has 1 N–H and O–H groups in total. The Morgan fingerprint density at radius 2 is 2.13 bits per heavy atom. The van der Waals surface area contributed by atoms with E-state index in [9.17, 15) is 4.79 Å². The van der Waals surface area contributed by atoms with E-state index >= 15 is 0 Å². The van der Waals surface area contributed by atoms with Crippen molar-refractivity contribution in [1.82, 2.24) is 14.8 Å². The summed E-state index contributed by atoms with van der Waals surface area (Å²) in [4.78, 5) is 16.9. The standard InChI is InChI=1S/C9H14N4O2/c1-12-7(6-8(14)15)10-9(11-12)13-4-2-3-5-13/h2-6H2,1H3,(H,14,15). The minimum atomic E-state index is -0.876. The summed E-state index contributed by atoms with van der Waals surface area (Å²) >= 11 is 0. The number of anilines is 1. The lowest BCUT2D eigenvalue weighted by Gasteiger charge is -2.10. The predicted octanol–water partition coefficient (Wildman–Crippen LogP) is 0.0424. The Morgan fingerprint density at radius 3 is 2.73 bits per heavy atom. The summed E-state index contributed by atoms with van der Waals surface area (Å²) in [7, 11) is 1.73. The molecule has 0 spiro atoms. The van der Waals surface area contributed by atoms with Gasteiger partial charge in [0.1, 0.15) is 12.2 Å². The van der Waals surface area contributed by atoms with Crippen molar-refractivity contribution in [2.24, 2.45) is 7.05 Å². The Labute approximate surface area is 87.5 Å². The number of carboxylic acid groups (broad SMARTS) is 1. The van der Waals surface area contributed by atoms with Gasteiger partial charge in [-0.2, -0.15) is 4.98 Å². The number of aromatic nitrogens is 3. The van der Waals surface area contributed by atoms with Gasteiger partial charge in [0.2, 0.25) is 5.95 Å². The highest BCUT2D eigenvalue weighted by Gasteiger charge is 2.18. The molecule has 0 radical (unpaired) electrons. The van der Waals surface area contributed by atoms with Crippen LogP contribution in [0.1, 0.15) is 18.7 Å². The van der Waals surface area contributed by atoms with E-state index < -0.39 is 5.97 Å². The van der Waals surface area contributed by atoms with Crippen LogP contribution in [-0.2, 0) is 18.3 Å². The van der Waals surface area contributed by atoms with Crippen molar-refractivity contribution < 1.29 is 9.90 Å². The zero-order chi connectivity index (χ0) is 10.8. The molecule has 0 saturated carbocycles. The smallest absolute Gasteiger partial charge is 0.311 e. The normalized spacial score (nSPS) is 15.9. The van der Waals surface area contributed by atoms with Crippen LogP contribution in [0.2, 0.25) is 0 Å². The first kappa shape index (κ1) is 9.95. The molecule has 2 heterocycles. The Balaban J connectivity index is 2.16. The van der Waals surface area contributed by atoms with Crippen LogP contribution in [0, 0.1) is 0 Å². The number of hydrogen-bond donors (Lipinski definition) is 1. The summed E-state index contributed by atoms with van der Waals surface area (Å²) < 4.78 is 1.54. The summed E-state index contributed by atoms with van der Waals surface area (Å²) in [6, 6.07) is 0. The molecule has 0 atom stereocenters. The molecule has 1 aliphatic rings. The minimum Gasteiger partial charge on any atom is -0.481 e. The molecule has 1 aromatic rings. The molecule has 6 nitrogen and oxygen atoms in total. The van der Waals surface area contributed by atoms with Crippen LogP contribution in [0.5, 0.6) is 0 Å². The molecule has 6 heteroatoms. The molecule has 0 aliphatic carbocycles. The first-order valence-electron chi connectivity index (χ1n) is 5.03. The molecule has 1 aliphatic heterocycles. The van der Waals surface area contributed by atoms with Gasteiger partial charge in [-0.3, -0.25) is 9.48 Å². The lowest BCUT2D eigenvalue weighted by atomic mass is 10.4. The highest BCUT2D eigenvalue weighted by atomic mass is 16.4. The zero-order valence-electron chi connectivity index (χ0n) is 8.68. The van der Waals surface area contributed by atoms with Crippen LogP contribution in [0.4, 0.5) is 5.95 Å². The molecule has 1 saturated heterocycles. The molecule has 0 unspecified atom stereocenters. The van der Waals surface area contributed by atoms with Gasteiger partial charge < -0.3 is 10.0 Å². The third-order valence-electron chi connectivity index (χ3n) is 2.54. The maximum Gasteiger partial charge on any atom is 0.311 e. The van der Waals surface area contributed by atoms with Crippen molar-refractivity contribution in [3.05, 3.63) is 5.82 Å². The van der Waals surface area contributed by atoms with E-state index in [2.05, 4.69) is 15.0 Å². The lowest BCUT2D eigenvalue weighted by Crippen LogP contribution is -2.19. The molecule has 0 aromatic carbocycles. The van der Waals surface area contributed by atoms with E-state index in [-0.39, 0.29) is 6.42 Å². The Bertz CT molecular complexity index is 368. The third-order valence-corrected chi connectivity index (χ3v) is 2.54. The number of carboxylic acids is 1. The fourth-order valence-corrected chi connectivity index (χ4v) is 1.74. The van der Waals surface area contributed by atoms with E-state index in [1.54, 1.807) is 11.7 Å². The minimum absolute atomic E-state index is 0.0721. The van der Waals surface area contributed by atoms with E-state index in [4.69, 9.17) is 5.11 Å². The van der Waals surface area contributed by atoms with Gasteiger partial charge in [0.25, 0.3) is 0 Å². The summed E-state index contributed by atoms with van der Waals surface area (Å²) in [6.45, 7) is 1.94. The number of aryl methyl sites for hydroxylation is 1. The second-order valence-electron chi connectivity index (χ2n) is 3.72. The fraction of sp³-hybridized carbons (Fsp3) is 0.667. The van der Waals surface area contributed by atoms with E-state index in [0.717, 1.165) is 25.9 Å². The lowest BCUT2D eigenvalue weighted by molar-refractivity contribution is -0.136. The van der Waals surface area contributed by atoms with E-state index in [0.29, 0.717) is 11.8 Å². The molecule has 0 bridgehead atoms. The van der Waals surface area contributed by atoms with Crippen LogP contribution in [0.15, 0.2) is 0 Å². The largest absolute Gasteiger partial charge is 0.481 e. The third kappa shape index (κ3) is 2.08. The number of carbonyl (C=O) groups is 1. The van der Waals surface area contributed by atoms with E-state index in [1.807, 2.05) is 0 Å². The van der Waals surface area contributed by atoms with Crippen LogP contribution in [0.25, 0.3) is 0 Å². The second-order valence-corrected chi connectivity index (χ2v) is 3.72. The predicted molar refractivity (Wildman–Crippen MR) is 53.8 cm³/mol. The van der Waals surface area contributed by atoms with Gasteiger partial charge in [-0.1, -0.05) is 0 Å². The van der Waals surface area contributed by atoms with Gasteiger partial charge >= 0.3 is 5.97 Å². The van der Waals surface area contributed by atoms with Crippen molar-refractivity contribution >= 4 is 11.9 Å². The number of nitrogens with zero attached hydrogens (tertiary/aromatic N) is 4. The second kappa shape index (κ2) is 3.88. The Kier molecular flexibility index (Phi) is 2.57. The topological polar surface area (TPSA) is 71.2 Å². The van der Waals surface area contributed by atoms with Gasteiger partial charge in [0.05, 0.1) is 0 Å². The van der Waals surface area contributed by atoms with Gasteiger partial charge in [-0.25, -0.2) is 0 Å². The maximum atomic E-state index is 10.6. The molecule has 2 rings (SSSR count). The average molecular weight is 210 g/mol. The maximum absolute atomic E-state index is 10.6. The summed E-state index contributed by atoms with van der Waals surface area (Å²) in [5.74, 6) is 0.286. The number of aliphatic carboxylic acids is 1. The van der Waals surface area contributed by atoms with Gasteiger partial charge in [0, 0.05) is 20.1 Å². The average Bonchev–Trinajstić information content (AvgIpc) is 2.75. The quantitative estimate of drug-likeness (QED) is 0.762.